The van der Waals surface area contributed by atoms with Crippen LogP contribution in [0.15, 0.2) is 46.7 Å². The number of thiophene rings is 1. The third kappa shape index (κ3) is 4.58. The highest BCUT2D eigenvalue weighted by atomic mass is 35.5. The first kappa shape index (κ1) is 20.5. The normalized spacial score (nSPS) is 15.8. The van der Waals surface area contributed by atoms with Crippen molar-refractivity contribution in [3.05, 3.63) is 62.5 Å². The number of hydrogen-bond acceptors (Lipinski definition) is 6. The van der Waals surface area contributed by atoms with Crippen LogP contribution < -0.4 is 0 Å². The van der Waals surface area contributed by atoms with Crippen LogP contribution in [-0.2, 0) is 14.8 Å². The number of benzene rings is 1. The van der Waals surface area contributed by atoms with Gasteiger partial charge in [0.1, 0.15) is 4.21 Å². The van der Waals surface area contributed by atoms with Gasteiger partial charge in [-0.2, -0.15) is 4.31 Å². The molecule has 1 aromatic carbocycles. The number of halogens is 1. The molecule has 1 aliphatic rings. The average molecular weight is 442 g/mol. The van der Waals surface area contributed by atoms with Crippen LogP contribution in [-0.4, -0.2) is 54.6 Å². The monoisotopic (exact) mass is 441 g/mol. The molecule has 0 aliphatic carbocycles. The lowest BCUT2D eigenvalue weighted by molar-refractivity contribution is -0.384. The minimum absolute atomic E-state index is 0.0205. The molecule has 11 heteroatoms. The second-order valence-electron chi connectivity index (χ2n) is 5.97. The fourth-order valence-electron chi connectivity index (χ4n) is 2.69. The number of amides is 1. The predicted octanol–water partition coefficient (Wildman–Crippen LogP) is 2.86. The van der Waals surface area contributed by atoms with Gasteiger partial charge < -0.3 is 4.90 Å². The van der Waals surface area contributed by atoms with Gasteiger partial charge in [0.15, 0.2) is 0 Å². The van der Waals surface area contributed by atoms with E-state index >= 15 is 0 Å². The van der Waals surface area contributed by atoms with Crippen LogP contribution in [0.2, 0.25) is 4.34 Å². The average Bonchev–Trinajstić information content (AvgIpc) is 3.13. The highest BCUT2D eigenvalue weighted by Gasteiger charge is 2.30. The molecule has 0 spiro atoms. The first-order valence-electron chi connectivity index (χ1n) is 8.24. The van der Waals surface area contributed by atoms with Gasteiger partial charge in [-0.05, 0) is 35.9 Å². The number of nitrogens with zero attached hydrogens (tertiary/aromatic N) is 3. The van der Waals surface area contributed by atoms with Gasteiger partial charge in [0.2, 0.25) is 5.91 Å². The Morgan fingerprint density at radius 3 is 2.29 bits per heavy atom. The summed E-state index contributed by atoms with van der Waals surface area (Å²) in [5.41, 5.74) is 0.641. The van der Waals surface area contributed by atoms with E-state index in [-0.39, 0.29) is 42.0 Å². The molecular formula is C17H16ClN3O5S2. The van der Waals surface area contributed by atoms with Gasteiger partial charge in [-0.15, -0.1) is 11.3 Å². The summed E-state index contributed by atoms with van der Waals surface area (Å²) >= 11 is 6.83. The molecule has 28 heavy (non-hydrogen) atoms. The van der Waals surface area contributed by atoms with Gasteiger partial charge in [-0.3, -0.25) is 14.9 Å². The Kier molecular flexibility index (Phi) is 6.14. The van der Waals surface area contributed by atoms with E-state index in [1.807, 2.05) is 0 Å². The molecular weight excluding hydrogens is 426 g/mol. The van der Waals surface area contributed by atoms with Crippen LogP contribution in [0.5, 0.6) is 0 Å². The van der Waals surface area contributed by atoms with E-state index in [1.165, 1.54) is 28.6 Å². The van der Waals surface area contributed by atoms with Crippen LogP contribution in [0.3, 0.4) is 0 Å². The van der Waals surface area contributed by atoms with Crippen LogP contribution in [0.25, 0.3) is 6.08 Å². The van der Waals surface area contributed by atoms with Crippen LogP contribution in [0, 0.1) is 10.1 Å². The molecule has 1 saturated heterocycles. The quantitative estimate of drug-likeness (QED) is 0.403. The molecule has 0 N–H and O–H groups in total. The molecule has 0 saturated carbocycles. The third-order valence-electron chi connectivity index (χ3n) is 4.22. The highest BCUT2D eigenvalue weighted by molar-refractivity contribution is 7.91. The Labute approximate surface area is 170 Å². The van der Waals surface area contributed by atoms with Crippen molar-refractivity contribution in [2.45, 2.75) is 4.21 Å². The van der Waals surface area contributed by atoms with E-state index in [0.29, 0.717) is 9.90 Å². The summed E-state index contributed by atoms with van der Waals surface area (Å²) in [6, 6.07) is 8.86. The Hall–Kier alpha value is -2.27. The van der Waals surface area contributed by atoms with Gasteiger partial charge in [0.05, 0.1) is 9.26 Å². The number of nitro benzene ring substituents is 1. The van der Waals surface area contributed by atoms with Crippen molar-refractivity contribution in [2.24, 2.45) is 0 Å². The number of rotatable bonds is 5. The second-order valence-corrected chi connectivity index (χ2v) is 9.85. The Morgan fingerprint density at radius 1 is 1.11 bits per heavy atom. The first-order valence-corrected chi connectivity index (χ1v) is 10.9. The van der Waals surface area contributed by atoms with E-state index in [4.69, 9.17) is 11.6 Å². The zero-order valence-corrected chi connectivity index (χ0v) is 16.9. The van der Waals surface area contributed by atoms with Crippen LogP contribution in [0.1, 0.15) is 5.56 Å². The second kappa shape index (κ2) is 8.39. The Morgan fingerprint density at radius 2 is 1.75 bits per heavy atom. The molecule has 3 rings (SSSR count). The maximum absolute atomic E-state index is 12.6. The van der Waals surface area contributed by atoms with Crippen molar-refractivity contribution < 1.29 is 18.1 Å². The number of piperazine rings is 1. The number of sulfonamides is 1. The number of carbonyl (C=O) groups excluding carboxylic acids is 1. The van der Waals surface area contributed by atoms with Crippen molar-refractivity contribution in [1.29, 1.82) is 0 Å². The molecule has 0 radical (unpaired) electrons. The SMILES string of the molecule is O=C(/C=C/c1ccc([N+](=O)[O-])cc1)N1CCN(S(=O)(=O)c2ccc(Cl)s2)CC1. The van der Waals surface area contributed by atoms with E-state index in [1.54, 1.807) is 29.2 Å². The molecule has 2 aromatic rings. The summed E-state index contributed by atoms with van der Waals surface area (Å²) in [6.45, 7) is 0.966. The zero-order chi connectivity index (χ0) is 20.3. The van der Waals surface area contributed by atoms with E-state index in [0.717, 1.165) is 11.3 Å². The Bertz CT molecular complexity index is 1010. The minimum Gasteiger partial charge on any atom is -0.337 e. The summed E-state index contributed by atoms with van der Waals surface area (Å²) in [5, 5.41) is 10.6. The van der Waals surface area contributed by atoms with Gasteiger partial charge in [0, 0.05) is 44.4 Å². The number of carbonyl (C=O) groups is 1. The molecule has 8 nitrogen and oxygen atoms in total. The zero-order valence-electron chi connectivity index (χ0n) is 14.5. The maximum Gasteiger partial charge on any atom is 0.269 e. The molecule has 0 bridgehead atoms. The summed E-state index contributed by atoms with van der Waals surface area (Å²) in [6.07, 6.45) is 2.95. The first-order chi connectivity index (χ1) is 13.3. The molecule has 1 amide bonds. The molecule has 0 unspecified atom stereocenters. The predicted molar refractivity (Wildman–Crippen MR) is 107 cm³/mol. The molecule has 0 atom stereocenters. The van der Waals surface area contributed by atoms with Crippen molar-refractivity contribution in [2.75, 3.05) is 26.2 Å². The van der Waals surface area contributed by atoms with Gasteiger partial charge >= 0.3 is 0 Å². The summed E-state index contributed by atoms with van der Waals surface area (Å²) in [7, 11) is -3.60. The molecule has 2 heterocycles. The summed E-state index contributed by atoms with van der Waals surface area (Å²) in [5.74, 6) is -0.241. The topological polar surface area (TPSA) is 101 Å². The highest BCUT2D eigenvalue weighted by Crippen LogP contribution is 2.28. The molecule has 1 aromatic heterocycles. The summed E-state index contributed by atoms with van der Waals surface area (Å²) < 4.78 is 27.1. The lowest BCUT2D eigenvalue weighted by atomic mass is 10.2. The Balaban J connectivity index is 1.58. The molecule has 148 valence electrons. The van der Waals surface area contributed by atoms with E-state index in [9.17, 15) is 23.3 Å². The number of nitro groups is 1. The lowest BCUT2D eigenvalue weighted by Gasteiger charge is -2.33. The van der Waals surface area contributed by atoms with Gasteiger partial charge in [-0.1, -0.05) is 11.6 Å². The summed E-state index contributed by atoms with van der Waals surface area (Å²) in [4.78, 5) is 24.0. The van der Waals surface area contributed by atoms with Crippen molar-refractivity contribution >= 4 is 50.6 Å². The van der Waals surface area contributed by atoms with E-state index < -0.39 is 14.9 Å². The van der Waals surface area contributed by atoms with Crippen molar-refractivity contribution in [3.8, 4) is 0 Å². The largest absolute Gasteiger partial charge is 0.337 e. The number of non-ortho nitro benzene ring substituents is 1. The van der Waals surface area contributed by atoms with Gasteiger partial charge in [-0.25, -0.2) is 8.42 Å². The van der Waals surface area contributed by atoms with Crippen LogP contribution in [0.4, 0.5) is 5.69 Å². The fourth-order valence-corrected chi connectivity index (χ4v) is 5.75. The van der Waals surface area contributed by atoms with Crippen molar-refractivity contribution in [3.63, 3.8) is 0 Å². The lowest BCUT2D eigenvalue weighted by Crippen LogP contribution is -2.50. The maximum atomic E-state index is 12.6. The number of hydrogen-bond donors (Lipinski definition) is 0. The third-order valence-corrected chi connectivity index (χ3v) is 7.81. The fraction of sp³-hybridized carbons (Fsp3) is 0.235. The molecule has 1 fully saturated rings. The minimum atomic E-state index is -3.60. The van der Waals surface area contributed by atoms with Crippen LogP contribution >= 0.6 is 22.9 Å². The van der Waals surface area contributed by atoms with E-state index in [2.05, 4.69) is 0 Å². The standard InChI is InChI=1S/C17H16ClN3O5S2/c18-15-6-8-17(27-15)28(25,26)20-11-9-19(10-12-20)16(22)7-3-13-1-4-14(5-2-13)21(23)24/h1-8H,9-12H2/b7-3+. The molecule has 1 aliphatic heterocycles. The van der Waals surface area contributed by atoms with Crippen molar-refractivity contribution in [1.82, 2.24) is 9.21 Å². The smallest absolute Gasteiger partial charge is 0.269 e. The van der Waals surface area contributed by atoms with Gasteiger partial charge in [0.25, 0.3) is 15.7 Å².